The van der Waals surface area contributed by atoms with E-state index in [0.29, 0.717) is 17.7 Å². The number of ether oxygens (including phenoxy) is 2. The van der Waals surface area contributed by atoms with E-state index in [1.165, 1.54) is 37.4 Å². The Bertz CT molecular complexity index is 971. The molecule has 0 atom stereocenters. The molecule has 0 saturated heterocycles. The topological polar surface area (TPSA) is 111 Å². The van der Waals surface area contributed by atoms with Crippen molar-refractivity contribution < 1.29 is 27.5 Å². The van der Waals surface area contributed by atoms with Crippen molar-refractivity contribution in [1.82, 2.24) is 4.72 Å². The van der Waals surface area contributed by atoms with Gasteiger partial charge in [0.05, 0.1) is 19.3 Å². The Hall–Kier alpha value is -2.91. The van der Waals surface area contributed by atoms with E-state index < -0.39 is 21.9 Å². The van der Waals surface area contributed by atoms with E-state index in [1.54, 1.807) is 19.1 Å². The van der Waals surface area contributed by atoms with E-state index in [0.717, 1.165) is 0 Å². The lowest BCUT2D eigenvalue weighted by Gasteiger charge is -2.12. The third-order valence-electron chi connectivity index (χ3n) is 3.91. The molecule has 0 bridgehead atoms. The second kappa shape index (κ2) is 10.0. The van der Waals surface area contributed by atoms with Gasteiger partial charge in [-0.05, 0) is 55.8 Å². The summed E-state index contributed by atoms with van der Waals surface area (Å²) in [5.41, 5.74) is 0.967. The second-order valence-electron chi connectivity index (χ2n) is 6.02. The molecule has 0 heterocycles. The van der Waals surface area contributed by atoms with Gasteiger partial charge in [0.2, 0.25) is 10.0 Å². The molecule has 0 unspecified atom stereocenters. The first-order chi connectivity index (χ1) is 13.8. The first kappa shape index (κ1) is 22.4. The van der Waals surface area contributed by atoms with Crippen LogP contribution in [0.2, 0.25) is 0 Å². The van der Waals surface area contributed by atoms with Crippen LogP contribution in [0.1, 0.15) is 41.0 Å². The SMILES string of the molecule is CCCNS(=O)(=O)c1cc(C(=O)Nc2ccc(C(=O)OCC)cc2)ccc1OC. The molecule has 2 rings (SSSR count). The highest BCUT2D eigenvalue weighted by Gasteiger charge is 2.21. The van der Waals surface area contributed by atoms with Crippen LogP contribution >= 0.6 is 0 Å². The highest BCUT2D eigenvalue weighted by molar-refractivity contribution is 7.89. The summed E-state index contributed by atoms with van der Waals surface area (Å²) in [4.78, 5) is 24.1. The monoisotopic (exact) mass is 420 g/mol. The van der Waals surface area contributed by atoms with E-state index in [4.69, 9.17) is 9.47 Å². The third-order valence-corrected chi connectivity index (χ3v) is 5.39. The van der Waals surface area contributed by atoms with Gasteiger partial charge in [-0.1, -0.05) is 6.92 Å². The molecule has 0 spiro atoms. The van der Waals surface area contributed by atoms with Crippen LogP contribution in [-0.2, 0) is 14.8 Å². The Balaban J connectivity index is 2.23. The predicted octanol–water partition coefficient (Wildman–Crippen LogP) is 2.81. The predicted molar refractivity (Wildman–Crippen MR) is 109 cm³/mol. The minimum atomic E-state index is -3.82. The van der Waals surface area contributed by atoms with Gasteiger partial charge in [0.15, 0.2) is 0 Å². The number of esters is 1. The fourth-order valence-electron chi connectivity index (χ4n) is 2.45. The van der Waals surface area contributed by atoms with Crippen molar-refractivity contribution in [1.29, 1.82) is 0 Å². The molecule has 0 aliphatic rings. The lowest BCUT2D eigenvalue weighted by atomic mass is 10.1. The number of anilines is 1. The Morgan fingerprint density at radius 3 is 2.24 bits per heavy atom. The van der Waals surface area contributed by atoms with Crippen LogP contribution in [0.15, 0.2) is 47.4 Å². The molecule has 0 aliphatic carbocycles. The summed E-state index contributed by atoms with van der Waals surface area (Å²) in [6.45, 7) is 4.10. The fraction of sp³-hybridized carbons (Fsp3) is 0.300. The summed E-state index contributed by atoms with van der Waals surface area (Å²) in [6, 6.07) is 10.4. The number of amides is 1. The zero-order valence-electron chi connectivity index (χ0n) is 16.5. The standard InChI is InChI=1S/C20H24N2O6S/c1-4-12-21-29(25,26)18-13-15(8-11-17(18)27-3)19(23)22-16-9-6-14(7-10-16)20(24)28-5-2/h6-11,13,21H,4-5,12H2,1-3H3,(H,22,23). The van der Waals surface area contributed by atoms with Gasteiger partial charge in [-0.2, -0.15) is 0 Å². The minimum Gasteiger partial charge on any atom is -0.495 e. The van der Waals surface area contributed by atoms with Gasteiger partial charge in [0.1, 0.15) is 10.6 Å². The van der Waals surface area contributed by atoms with Crippen LogP contribution in [0.4, 0.5) is 5.69 Å². The molecule has 0 aliphatic heterocycles. The molecule has 0 fully saturated rings. The number of rotatable bonds is 9. The minimum absolute atomic E-state index is 0.112. The summed E-state index contributed by atoms with van der Waals surface area (Å²) in [7, 11) is -2.46. The van der Waals surface area contributed by atoms with Crippen molar-refractivity contribution in [3.8, 4) is 5.75 Å². The maximum atomic E-state index is 12.6. The van der Waals surface area contributed by atoms with Gasteiger partial charge in [0.25, 0.3) is 5.91 Å². The first-order valence-electron chi connectivity index (χ1n) is 9.08. The van der Waals surface area contributed by atoms with E-state index in [1.807, 2.05) is 6.92 Å². The normalized spacial score (nSPS) is 11.0. The van der Waals surface area contributed by atoms with Gasteiger partial charge in [-0.25, -0.2) is 17.9 Å². The van der Waals surface area contributed by atoms with Crippen LogP contribution in [0.3, 0.4) is 0 Å². The average Bonchev–Trinajstić information content (AvgIpc) is 2.72. The van der Waals surface area contributed by atoms with Crippen molar-refractivity contribution >= 4 is 27.6 Å². The third kappa shape index (κ3) is 5.78. The van der Waals surface area contributed by atoms with Gasteiger partial charge >= 0.3 is 5.97 Å². The highest BCUT2D eigenvalue weighted by Crippen LogP contribution is 2.25. The lowest BCUT2D eigenvalue weighted by Crippen LogP contribution is -2.25. The van der Waals surface area contributed by atoms with Crippen molar-refractivity contribution in [2.75, 3.05) is 25.6 Å². The second-order valence-corrected chi connectivity index (χ2v) is 7.75. The summed E-state index contributed by atoms with van der Waals surface area (Å²) >= 11 is 0. The lowest BCUT2D eigenvalue weighted by molar-refractivity contribution is 0.0526. The van der Waals surface area contributed by atoms with Crippen molar-refractivity contribution in [3.63, 3.8) is 0 Å². The van der Waals surface area contributed by atoms with Crippen LogP contribution in [0.25, 0.3) is 0 Å². The Labute approximate surface area is 170 Å². The van der Waals surface area contributed by atoms with E-state index in [2.05, 4.69) is 10.0 Å². The van der Waals surface area contributed by atoms with Crippen LogP contribution in [0.5, 0.6) is 5.75 Å². The first-order valence-corrected chi connectivity index (χ1v) is 10.6. The number of methoxy groups -OCH3 is 1. The van der Waals surface area contributed by atoms with E-state index in [9.17, 15) is 18.0 Å². The number of benzene rings is 2. The molecule has 0 saturated carbocycles. The van der Waals surface area contributed by atoms with Gasteiger partial charge in [-0.3, -0.25) is 4.79 Å². The Kier molecular flexibility index (Phi) is 7.74. The number of nitrogens with one attached hydrogen (secondary N) is 2. The number of hydrogen-bond donors (Lipinski definition) is 2. The highest BCUT2D eigenvalue weighted by atomic mass is 32.2. The van der Waals surface area contributed by atoms with Crippen LogP contribution in [0, 0.1) is 0 Å². The van der Waals surface area contributed by atoms with Gasteiger partial charge in [-0.15, -0.1) is 0 Å². The molecule has 0 aromatic heterocycles. The Morgan fingerprint density at radius 2 is 1.66 bits per heavy atom. The molecule has 0 radical (unpaired) electrons. The number of carbonyl (C=O) groups excluding carboxylic acids is 2. The van der Waals surface area contributed by atoms with E-state index >= 15 is 0 Å². The molecular formula is C20H24N2O6S. The maximum Gasteiger partial charge on any atom is 0.338 e. The summed E-state index contributed by atoms with van der Waals surface area (Å²) in [5.74, 6) is -0.803. The van der Waals surface area contributed by atoms with Crippen molar-refractivity contribution in [2.24, 2.45) is 0 Å². The molecule has 2 aromatic carbocycles. The molecule has 2 aromatic rings. The molecular weight excluding hydrogens is 396 g/mol. The quantitative estimate of drug-likeness (QED) is 0.604. The van der Waals surface area contributed by atoms with E-state index in [-0.39, 0.29) is 29.4 Å². The number of carbonyl (C=O) groups is 2. The van der Waals surface area contributed by atoms with Crippen LogP contribution < -0.4 is 14.8 Å². The molecule has 1 amide bonds. The summed E-state index contributed by atoms with van der Waals surface area (Å²) < 4.78 is 37.5. The van der Waals surface area contributed by atoms with Crippen molar-refractivity contribution in [3.05, 3.63) is 53.6 Å². The molecule has 2 N–H and O–H groups in total. The fourth-order valence-corrected chi connectivity index (χ4v) is 3.78. The average molecular weight is 420 g/mol. The van der Waals surface area contributed by atoms with Gasteiger partial charge in [0, 0.05) is 17.8 Å². The molecule has 9 heteroatoms. The largest absolute Gasteiger partial charge is 0.495 e. The number of sulfonamides is 1. The summed E-state index contributed by atoms with van der Waals surface area (Å²) in [6.07, 6.45) is 0.628. The smallest absolute Gasteiger partial charge is 0.338 e. The zero-order chi connectivity index (χ0) is 21.4. The molecule has 156 valence electrons. The Morgan fingerprint density at radius 1 is 1.00 bits per heavy atom. The number of hydrogen-bond acceptors (Lipinski definition) is 6. The molecule has 29 heavy (non-hydrogen) atoms. The zero-order valence-corrected chi connectivity index (χ0v) is 17.3. The maximum absolute atomic E-state index is 12.6. The van der Waals surface area contributed by atoms with Crippen LogP contribution in [-0.4, -0.2) is 40.6 Å². The molecule has 8 nitrogen and oxygen atoms in total. The van der Waals surface area contributed by atoms with Crippen molar-refractivity contribution in [2.45, 2.75) is 25.2 Å². The summed E-state index contributed by atoms with van der Waals surface area (Å²) in [5, 5.41) is 2.67. The van der Waals surface area contributed by atoms with Gasteiger partial charge < -0.3 is 14.8 Å².